The number of hydrogen-bond donors (Lipinski definition) is 1. The SMILES string of the molecule is CCCNC1CCN(CCC2CCCC2)CC1C. The Morgan fingerprint density at radius 2 is 1.94 bits per heavy atom. The van der Waals surface area contributed by atoms with Crippen molar-refractivity contribution in [3.63, 3.8) is 0 Å². The van der Waals surface area contributed by atoms with Crippen LogP contribution in [0.25, 0.3) is 0 Å². The smallest absolute Gasteiger partial charge is 0.0117 e. The molecule has 0 aromatic carbocycles. The summed E-state index contributed by atoms with van der Waals surface area (Å²) in [5.41, 5.74) is 0. The molecular formula is C16H32N2. The van der Waals surface area contributed by atoms with Crippen LogP contribution >= 0.6 is 0 Å². The molecule has 1 N–H and O–H groups in total. The molecule has 1 saturated heterocycles. The summed E-state index contributed by atoms with van der Waals surface area (Å²) in [6.07, 6.45) is 10.1. The fourth-order valence-corrected chi connectivity index (χ4v) is 3.73. The molecule has 0 spiro atoms. The average molecular weight is 252 g/mol. The van der Waals surface area contributed by atoms with Crippen LogP contribution in [-0.4, -0.2) is 37.1 Å². The van der Waals surface area contributed by atoms with Crippen molar-refractivity contribution in [3.8, 4) is 0 Å². The number of nitrogens with zero attached hydrogens (tertiary/aromatic N) is 1. The van der Waals surface area contributed by atoms with Crippen molar-refractivity contribution in [3.05, 3.63) is 0 Å². The van der Waals surface area contributed by atoms with Crippen molar-refractivity contribution in [2.24, 2.45) is 11.8 Å². The van der Waals surface area contributed by atoms with Gasteiger partial charge >= 0.3 is 0 Å². The van der Waals surface area contributed by atoms with Crippen molar-refractivity contribution in [1.82, 2.24) is 10.2 Å². The minimum Gasteiger partial charge on any atom is -0.314 e. The molecule has 106 valence electrons. The summed E-state index contributed by atoms with van der Waals surface area (Å²) in [5, 5.41) is 3.71. The first kappa shape index (κ1) is 14.3. The first-order chi connectivity index (χ1) is 8.79. The van der Waals surface area contributed by atoms with E-state index in [4.69, 9.17) is 0 Å². The normalized spacial score (nSPS) is 31.0. The lowest BCUT2D eigenvalue weighted by atomic mass is 9.93. The number of rotatable bonds is 6. The van der Waals surface area contributed by atoms with E-state index in [1.165, 1.54) is 71.1 Å². The van der Waals surface area contributed by atoms with Gasteiger partial charge in [0, 0.05) is 12.6 Å². The standard InChI is InChI=1S/C16H32N2/c1-3-10-17-16-9-12-18(13-14(16)2)11-8-15-6-4-5-7-15/h14-17H,3-13H2,1-2H3. The molecule has 2 atom stereocenters. The molecule has 1 saturated carbocycles. The Morgan fingerprint density at radius 3 is 2.61 bits per heavy atom. The number of hydrogen-bond acceptors (Lipinski definition) is 2. The monoisotopic (exact) mass is 252 g/mol. The second-order valence-electron chi connectivity index (χ2n) is 6.57. The Bertz CT molecular complexity index is 223. The van der Waals surface area contributed by atoms with Crippen LogP contribution in [-0.2, 0) is 0 Å². The lowest BCUT2D eigenvalue weighted by molar-refractivity contribution is 0.140. The van der Waals surface area contributed by atoms with Crippen LogP contribution in [0.5, 0.6) is 0 Å². The molecule has 0 aromatic rings. The van der Waals surface area contributed by atoms with E-state index in [1.54, 1.807) is 0 Å². The zero-order chi connectivity index (χ0) is 12.8. The molecule has 1 aliphatic carbocycles. The van der Waals surface area contributed by atoms with Crippen LogP contribution in [0, 0.1) is 11.8 Å². The Balaban J connectivity index is 1.64. The molecule has 1 aliphatic heterocycles. The van der Waals surface area contributed by atoms with E-state index < -0.39 is 0 Å². The third-order valence-electron chi connectivity index (χ3n) is 4.97. The van der Waals surface area contributed by atoms with Gasteiger partial charge in [0.15, 0.2) is 0 Å². The van der Waals surface area contributed by atoms with Gasteiger partial charge in [-0.1, -0.05) is 39.5 Å². The highest BCUT2D eigenvalue weighted by Crippen LogP contribution is 2.28. The third-order valence-corrected chi connectivity index (χ3v) is 4.97. The predicted molar refractivity (Wildman–Crippen MR) is 78.9 cm³/mol. The van der Waals surface area contributed by atoms with E-state index in [1.807, 2.05) is 0 Å². The molecular weight excluding hydrogens is 220 g/mol. The van der Waals surface area contributed by atoms with Gasteiger partial charge < -0.3 is 10.2 Å². The molecule has 18 heavy (non-hydrogen) atoms. The van der Waals surface area contributed by atoms with Gasteiger partial charge in [0.25, 0.3) is 0 Å². The maximum Gasteiger partial charge on any atom is 0.0117 e. The van der Waals surface area contributed by atoms with Crippen LogP contribution in [0.3, 0.4) is 0 Å². The van der Waals surface area contributed by atoms with Crippen LogP contribution in [0.4, 0.5) is 0 Å². The molecule has 2 unspecified atom stereocenters. The summed E-state index contributed by atoms with van der Waals surface area (Å²) in [6.45, 7) is 9.86. The van der Waals surface area contributed by atoms with Crippen molar-refractivity contribution in [1.29, 1.82) is 0 Å². The van der Waals surface area contributed by atoms with Crippen LogP contribution in [0.1, 0.15) is 58.8 Å². The van der Waals surface area contributed by atoms with Crippen LogP contribution < -0.4 is 5.32 Å². The first-order valence-corrected chi connectivity index (χ1v) is 8.25. The quantitative estimate of drug-likeness (QED) is 0.780. The minimum absolute atomic E-state index is 0.771. The van der Waals surface area contributed by atoms with Gasteiger partial charge in [-0.25, -0.2) is 0 Å². The highest BCUT2D eigenvalue weighted by atomic mass is 15.1. The van der Waals surface area contributed by atoms with Gasteiger partial charge in [0.1, 0.15) is 0 Å². The molecule has 2 heteroatoms. The average Bonchev–Trinajstić information content (AvgIpc) is 2.88. The van der Waals surface area contributed by atoms with Crippen LogP contribution in [0.2, 0.25) is 0 Å². The van der Waals surface area contributed by atoms with Crippen molar-refractivity contribution >= 4 is 0 Å². The summed E-state index contributed by atoms with van der Waals surface area (Å²) in [6, 6.07) is 0.771. The van der Waals surface area contributed by atoms with E-state index in [0.29, 0.717) is 0 Å². The van der Waals surface area contributed by atoms with E-state index in [-0.39, 0.29) is 0 Å². The van der Waals surface area contributed by atoms with Gasteiger partial charge in [-0.2, -0.15) is 0 Å². The summed E-state index contributed by atoms with van der Waals surface area (Å²) < 4.78 is 0. The maximum atomic E-state index is 3.71. The van der Waals surface area contributed by atoms with Crippen molar-refractivity contribution in [2.75, 3.05) is 26.2 Å². The van der Waals surface area contributed by atoms with E-state index >= 15 is 0 Å². The van der Waals surface area contributed by atoms with Gasteiger partial charge in [0.2, 0.25) is 0 Å². The second-order valence-corrected chi connectivity index (χ2v) is 6.57. The van der Waals surface area contributed by atoms with Gasteiger partial charge in [0.05, 0.1) is 0 Å². The molecule has 2 aliphatic rings. The molecule has 0 radical (unpaired) electrons. The predicted octanol–water partition coefficient (Wildman–Crippen LogP) is 3.28. The van der Waals surface area contributed by atoms with Crippen LogP contribution in [0.15, 0.2) is 0 Å². The summed E-state index contributed by atoms with van der Waals surface area (Å²) in [4.78, 5) is 2.72. The van der Waals surface area contributed by atoms with Crippen molar-refractivity contribution < 1.29 is 0 Å². The molecule has 2 fully saturated rings. The summed E-state index contributed by atoms with van der Waals surface area (Å²) >= 11 is 0. The Kier molecular flexibility index (Phi) is 5.97. The lowest BCUT2D eigenvalue weighted by Gasteiger charge is -2.37. The second kappa shape index (κ2) is 7.49. The molecule has 0 bridgehead atoms. The largest absolute Gasteiger partial charge is 0.314 e. The minimum atomic E-state index is 0.771. The molecule has 0 amide bonds. The summed E-state index contributed by atoms with van der Waals surface area (Å²) in [5.74, 6) is 1.88. The number of nitrogens with one attached hydrogen (secondary N) is 1. The zero-order valence-corrected chi connectivity index (χ0v) is 12.5. The van der Waals surface area contributed by atoms with E-state index in [9.17, 15) is 0 Å². The topological polar surface area (TPSA) is 15.3 Å². The number of piperidine rings is 1. The molecule has 0 aromatic heterocycles. The lowest BCUT2D eigenvalue weighted by Crippen LogP contribution is -2.48. The third kappa shape index (κ3) is 4.24. The highest BCUT2D eigenvalue weighted by molar-refractivity contribution is 4.83. The fourth-order valence-electron chi connectivity index (χ4n) is 3.73. The van der Waals surface area contributed by atoms with Gasteiger partial charge in [-0.15, -0.1) is 0 Å². The summed E-state index contributed by atoms with van der Waals surface area (Å²) in [7, 11) is 0. The first-order valence-electron chi connectivity index (χ1n) is 8.25. The zero-order valence-electron chi connectivity index (χ0n) is 12.5. The van der Waals surface area contributed by atoms with Gasteiger partial charge in [-0.3, -0.25) is 0 Å². The maximum absolute atomic E-state index is 3.71. The highest BCUT2D eigenvalue weighted by Gasteiger charge is 2.25. The van der Waals surface area contributed by atoms with Crippen molar-refractivity contribution in [2.45, 2.75) is 64.8 Å². The van der Waals surface area contributed by atoms with E-state index in [2.05, 4.69) is 24.1 Å². The molecule has 2 rings (SSSR count). The van der Waals surface area contributed by atoms with Gasteiger partial charge in [-0.05, 0) is 50.7 Å². The Morgan fingerprint density at radius 1 is 1.17 bits per heavy atom. The molecule has 2 nitrogen and oxygen atoms in total. The van der Waals surface area contributed by atoms with E-state index in [0.717, 1.165) is 17.9 Å². The Labute approximate surface area is 114 Å². The Hall–Kier alpha value is -0.0800. The molecule has 1 heterocycles. The number of likely N-dealkylation sites (tertiary alicyclic amines) is 1. The fraction of sp³-hybridized carbons (Fsp3) is 1.00.